The fourth-order valence-corrected chi connectivity index (χ4v) is 1.53. The second-order valence-corrected chi connectivity index (χ2v) is 3.63. The van der Waals surface area contributed by atoms with Crippen molar-refractivity contribution in [2.45, 2.75) is 0 Å². The molecule has 0 aromatic heterocycles. The van der Waals surface area contributed by atoms with Crippen molar-refractivity contribution in [1.82, 2.24) is 0 Å². The summed E-state index contributed by atoms with van der Waals surface area (Å²) in [4.78, 5) is 11.0. The average molecular weight is 249 g/mol. The standard InChI is InChI=1S/C13H9F2NO2/c14-8-2-1-3-10(6-8)16-12-7-9(15)4-5-11(12)13(17)18/h1-7,16H,(H,17,18). The SMILES string of the molecule is O=C(O)c1ccc(F)cc1Nc1cccc(F)c1. The summed E-state index contributed by atoms with van der Waals surface area (Å²) >= 11 is 0. The topological polar surface area (TPSA) is 49.3 Å². The molecule has 0 spiro atoms. The summed E-state index contributed by atoms with van der Waals surface area (Å²) in [7, 11) is 0. The zero-order valence-electron chi connectivity index (χ0n) is 9.15. The van der Waals surface area contributed by atoms with E-state index < -0.39 is 17.6 Å². The number of carbonyl (C=O) groups is 1. The van der Waals surface area contributed by atoms with E-state index in [0.717, 1.165) is 18.2 Å². The lowest BCUT2D eigenvalue weighted by molar-refractivity contribution is 0.0698. The van der Waals surface area contributed by atoms with Gasteiger partial charge in [-0.15, -0.1) is 0 Å². The van der Waals surface area contributed by atoms with Gasteiger partial charge < -0.3 is 10.4 Å². The van der Waals surface area contributed by atoms with Gasteiger partial charge in [0.1, 0.15) is 11.6 Å². The first-order chi connectivity index (χ1) is 8.56. The molecule has 0 aliphatic rings. The predicted octanol–water partition coefficient (Wildman–Crippen LogP) is 3.41. The Hall–Kier alpha value is -2.43. The highest BCUT2D eigenvalue weighted by atomic mass is 19.1. The van der Waals surface area contributed by atoms with Crippen molar-refractivity contribution in [3.8, 4) is 0 Å². The monoisotopic (exact) mass is 249 g/mol. The summed E-state index contributed by atoms with van der Waals surface area (Å²) in [5, 5.41) is 11.6. The third kappa shape index (κ3) is 2.63. The molecule has 0 saturated heterocycles. The van der Waals surface area contributed by atoms with Gasteiger partial charge in [0, 0.05) is 5.69 Å². The number of anilines is 2. The van der Waals surface area contributed by atoms with Crippen LogP contribution in [0.15, 0.2) is 42.5 Å². The number of nitrogens with one attached hydrogen (secondary N) is 1. The van der Waals surface area contributed by atoms with Crippen molar-refractivity contribution in [2.24, 2.45) is 0 Å². The fourth-order valence-electron chi connectivity index (χ4n) is 1.53. The van der Waals surface area contributed by atoms with E-state index in [9.17, 15) is 13.6 Å². The first-order valence-corrected chi connectivity index (χ1v) is 5.12. The Labute approximate surface area is 102 Å². The summed E-state index contributed by atoms with van der Waals surface area (Å²) < 4.78 is 26.1. The van der Waals surface area contributed by atoms with Gasteiger partial charge in [0.05, 0.1) is 11.3 Å². The molecule has 2 aromatic carbocycles. The zero-order valence-corrected chi connectivity index (χ0v) is 9.15. The number of rotatable bonds is 3. The molecule has 0 bridgehead atoms. The number of hydrogen-bond acceptors (Lipinski definition) is 2. The summed E-state index contributed by atoms with van der Waals surface area (Å²) in [6, 6.07) is 8.73. The third-order valence-electron chi connectivity index (χ3n) is 2.32. The van der Waals surface area contributed by atoms with Crippen LogP contribution < -0.4 is 5.32 Å². The fraction of sp³-hybridized carbons (Fsp3) is 0. The molecule has 3 nitrogen and oxygen atoms in total. The number of halogens is 2. The predicted molar refractivity (Wildman–Crippen MR) is 63.0 cm³/mol. The van der Waals surface area contributed by atoms with Gasteiger partial charge in [-0.1, -0.05) is 6.07 Å². The Morgan fingerprint density at radius 3 is 2.44 bits per heavy atom. The lowest BCUT2D eigenvalue weighted by Crippen LogP contribution is -2.03. The van der Waals surface area contributed by atoms with Crippen LogP contribution in [-0.2, 0) is 0 Å². The van der Waals surface area contributed by atoms with E-state index in [1.807, 2.05) is 0 Å². The van der Waals surface area contributed by atoms with Crippen molar-refractivity contribution in [3.63, 3.8) is 0 Å². The van der Waals surface area contributed by atoms with Crippen LogP contribution in [-0.4, -0.2) is 11.1 Å². The van der Waals surface area contributed by atoms with Gasteiger partial charge in [-0.2, -0.15) is 0 Å². The van der Waals surface area contributed by atoms with Gasteiger partial charge in [0.25, 0.3) is 0 Å². The number of carboxylic acids is 1. The molecule has 2 N–H and O–H groups in total. The molecule has 0 heterocycles. The minimum absolute atomic E-state index is 0.0769. The third-order valence-corrected chi connectivity index (χ3v) is 2.32. The molecule has 18 heavy (non-hydrogen) atoms. The van der Waals surface area contributed by atoms with Crippen LogP contribution >= 0.6 is 0 Å². The Kier molecular flexibility index (Phi) is 3.23. The first kappa shape index (κ1) is 12.0. The van der Waals surface area contributed by atoms with E-state index in [4.69, 9.17) is 5.11 Å². The molecule has 0 aliphatic heterocycles. The summed E-state index contributed by atoms with van der Waals surface area (Å²) in [6.07, 6.45) is 0. The lowest BCUT2D eigenvalue weighted by Gasteiger charge is -2.09. The minimum Gasteiger partial charge on any atom is -0.478 e. The second kappa shape index (κ2) is 4.83. The van der Waals surface area contributed by atoms with Gasteiger partial charge in [-0.05, 0) is 36.4 Å². The van der Waals surface area contributed by atoms with E-state index in [2.05, 4.69) is 5.32 Å². The van der Waals surface area contributed by atoms with Crippen LogP contribution in [0.3, 0.4) is 0 Å². The lowest BCUT2D eigenvalue weighted by atomic mass is 10.1. The molecule has 5 heteroatoms. The quantitative estimate of drug-likeness (QED) is 0.876. The molecule has 0 amide bonds. The number of benzene rings is 2. The van der Waals surface area contributed by atoms with Crippen molar-refractivity contribution in [1.29, 1.82) is 0 Å². The van der Waals surface area contributed by atoms with Crippen LogP contribution in [0.2, 0.25) is 0 Å². The molecule has 92 valence electrons. The molecule has 0 fully saturated rings. The van der Waals surface area contributed by atoms with Gasteiger partial charge in [-0.25, -0.2) is 13.6 Å². The molecular weight excluding hydrogens is 240 g/mol. The largest absolute Gasteiger partial charge is 0.478 e. The maximum Gasteiger partial charge on any atom is 0.337 e. The average Bonchev–Trinajstić information content (AvgIpc) is 2.28. The van der Waals surface area contributed by atoms with Crippen LogP contribution in [0.1, 0.15) is 10.4 Å². The van der Waals surface area contributed by atoms with Crippen LogP contribution in [0.25, 0.3) is 0 Å². The smallest absolute Gasteiger partial charge is 0.337 e. The maximum absolute atomic E-state index is 13.1. The molecule has 0 unspecified atom stereocenters. The molecule has 2 rings (SSSR count). The highest BCUT2D eigenvalue weighted by Gasteiger charge is 2.11. The maximum atomic E-state index is 13.1. The van der Waals surface area contributed by atoms with Crippen LogP contribution in [0.4, 0.5) is 20.2 Å². The van der Waals surface area contributed by atoms with Crippen LogP contribution in [0, 0.1) is 11.6 Å². The van der Waals surface area contributed by atoms with Crippen molar-refractivity contribution in [2.75, 3.05) is 5.32 Å². The van der Waals surface area contributed by atoms with E-state index >= 15 is 0 Å². The highest BCUT2D eigenvalue weighted by Crippen LogP contribution is 2.22. The Bertz CT molecular complexity index is 599. The molecule has 0 saturated carbocycles. The number of carboxylic acid groups (broad SMARTS) is 1. The zero-order chi connectivity index (χ0) is 13.1. The van der Waals surface area contributed by atoms with Gasteiger partial charge in [0.2, 0.25) is 0 Å². The highest BCUT2D eigenvalue weighted by molar-refractivity contribution is 5.95. The summed E-state index contributed by atoms with van der Waals surface area (Å²) in [5.41, 5.74) is 0.344. The van der Waals surface area contributed by atoms with Crippen molar-refractivity contribution < 1.29 is 18.7 Å². The van der Waals surface area contributed by atoms with Crippen molar-refractivity contribution >= 4 is 17.3 Å². The van der Waals surface area contributed by atoms with E-state index in [1.54, 1.807) is 6.07 Å². The second-order valence-electron chi connectivity index (χ2n) is 3.63. The summed E-state index contributed by atoms with van der Waals surface area (Å²) in [5.74, 6) is -2.22. The normalized spacial score (nSPS) is 10.1. The molecule has 2 aromatic rings. The van der Waals surface area contributed by atoms with Gasteiger partial charge in [0.15, 0.2) is 0 Å². The van der Waals surface area contributed by atoms with Crippen LogP contribution in [0.5, 0.6) is 0 Å². The first-order valence-electron chi connectivity index (χ1n) is 5.12. The van der Waals surface area contributed by atoms with E-state index in [0.29, 0.717) is 5.69 Å². The Morgan fingerprint density at radius 2 is 1.78 bits per heavy atom. The number of aromatic carboxylic acids is 1. The summed E-state index contributed by atoms with van der Waals surface area (Å²) in [6.45, 7) is 0. The van der Waals surface area contributed by atoms with Crippen molar-refractivity contribution in [3.05, 3.63) is 59.7 Å². The molecule has 0 aliphatic carbocycles. The Balaban J connectivity index is 2.39. The molecular formula is C13H9F2NO2. The van der Waals surface area contributed by atoms with Gasteiger partial charge >= 0.3 is 5.97 Å². The Morgan fingerprint density at radius 1 is 1.06 bits per heavy atom. The molecule has 0 atom stereocenters. The number of hydrogen-bond donors (Lipinski definition) is 2. The van der Waals surface area contributed by atoms with E-state index in [-0.39, 0.29) is 11.3 Å². The van der Waals surface area contributed by atoms with Gasteiger partial charge in [-0.3, -0.25) is 0 Å². The van der Waals surface area contributed by atoms with E-state index in [1.165, 1.54) is 18.2 Å². The molecule has 0 radical (unpaired) electrons. The minimum atomic E-state index is -1.19.